The summed E-state index contributed by atoms with van der Waals surface area (Å²) in [6.07, 6.45) is 6.88. The molecule has 0 spiro atoms. The van der Waals surface area contributed by atoms with E-state index in [2.05, 4.69) is 25.7 Å². The molecule has 96 valence electrons. The van der Waals surface area contributed by atoms with Gasteiger partial charge in [-0.25, -0.2) is 0 Å². The van der Waals surface area contributed by atoms with Gasteiger partial charge in [-0.15, -0.1) is 0 Å². The van der Waals surface area contributed by atoms with Crippen LogP contribution >= 0.6 is 0 Å². The lowest BCUT2D eigenvalue weighted by atomic mass is 9.73. The van der Waals surface area contributed by atoms with Crippen LogP contribution in [0.3, 0.4) is 0 Å². The minimum atomic E-state index is 0.434. The van der Waals surface area contributed by atoms with E-state index in [1.54, 1.807) is 0 Å². The van der Waals surface area contributed by atoms with Crippen molar-refractivity contribution in [3.05, 3.63) is 0 Å². The molecule has 1 aliphatic carbocycles. The van der Waals surface area contributed by atoms with Gasteiger partial charge >= 0.3 is 0 Å². The lowest BCUT2D eigenvalue weighted by Crippen LogP contribution is -2.44. The lowest BCUT2D eigenvalue weighted by Gasteiger charge is -2.40. The third kappa shape index (κ3) is 4.06. The topological polar surface area (TPSA) is 29.3 Å². The van der Waals surface area contributed by atoms with Gasteiger partial charge in [-0.2, -0.15) is 0 Å². The van der Waals surface area contributed by atoms with Crippen LogP contribution < -0.4 is 5.73 Å². The van der Waals surface area contributed by atoms with Crippen LogP contribution in [0.5, 0.6) is 0 Å². The third-order valence-electron chi connectivity index (χ3n) is 3.98. The summed E-state index contributed by atoms with van der Waals surface area (Å²) in [5.41, 5.74) is 6.48. The minimum Gasteiger partial charge on any atom is -0.330 e. The van der Waals surface area contributed by atoms with Gasteiger partial charge in [-0.1, -0.05) is 40.0 Å². The molecule has 2 heteroatoms. The predicted molar refractivity (Wildman–Crippen MR) is 71.5 cm³/mol. The fourth-order valence-corrected chi connectivity index (χ4v) is 3.02. The van der Waals surface area contributed by atoms with E-state index < -0.39 is 0 Å². The molecule has 16 heavy (non-hydrogen) atoms. The van der Waals surface area contributed by atoms with Crippen molar-refractivity contribution in [2.45, 2.75) is 52.9 Å². The van der Waals surface area contributed by atoms with Crippen molar-refractivity contribution in [1.29, 1.82) is 0 Å². The maximum Gasteiger partial charge on any atom is 0.00501 e. The molecule has 0 aromatic carbocycles. The maximum atomic E-state index is 6.05. The van der Waals surface area contributed by atoms with Crippen molar-refractivity contribution in [2.24, 2.45) is 17.1 Å². The highest BCUT2D eigenvalue weighted by atomic mass is 15.1. The van der Waals surface area contributed by atoms with Gasteiger partial charge in [-0.05, 0) is 37.3 Å². The highest BCUT2D eigenvalue weighted by Gasteiger charge is 2.32. The maximum absolute atomic E-state index is 6.05. The Morgan fingerprint density at radius 2 is 1.81 bits per heavy atom. The van der Waals surface area contributed by atoms with Crippen molar-refractivity contribution < 1.29 is 0 Å². The summed E-state index contributed by atoms with van der Waals surface area (Å²) < 4.78 is 0. The van der Waals surface area contributed by atoms with E-state index in [1.807, 2.05) is 0 Å². The normalized spacial score (nSPS) is 20.6. The molecule has 0 aromatic heterocycles. The number of nitrogens with zero attached hydrogens (tertiary/aromatic N) is 1. The van der Waals surface area contributed by atoms with Gasteiger partial charge in [0, 0.05) is 13.1 Å². The molecule has 0 amide bonds. The van der Waals surface area contributed by atoms with Crippen LogP contribution in [0.4, 0.5) is 0 Å². The van der Waals surface area contributed by atoms with Crippen LogP contribution in [0.25, 0.3) is 0 Å². The minimum absolute atomic E-state index is 0.434. The second-order valence-electron chi connectivity index (χ2n) is 5.99. The average molecular weight is 226 g/mol. The van der Waals surface area contributed by atoms with Crippen molar-refractivity contribution in [3.8, 4) is 0 Å². The Morgan fingerprint density at radius 1 is 1.19 bits per heavy atom. The Hall–Kier alpha value is -0.0800. The van der Waals surface area contributed by atoms with E-state index >= 15 is 0 Å². The summed E-state index contributed by atoms with van der Waals surface area (Å²) in [6.45, 7) is 11.4. The highest BCUT2D eigenvalue weighted by Crippen LogP contribution is 2.36. The van der Waals surface area contributed by atoms with Crippen LogP contribution in [-0.4, -0.2) is 31.1 Å². The number of nitrogens with two attached hydrogens (primary N) is 1. The van der Waals surface area contributed by atoms with Crippen LogP contribution in [0, 0.1) is 11.3 Å². The monoisotopic (exact) mass is 226 g/mol. The SMILES string of the molecule is CCN(CC(C)C)CC1(CN)CCCCC1. The number of hydrogen-bond acceptors (Lipinski definition) is 2. The Bertz CT molecular complexity index is 183. The molecular weight excluding hydrogens is 196 g/mol. The summed E-state index contributed by atoms with van der Waals surface area (Å²) in [5, 5.41) is 0. The first-order chi connectivity index (χ1) is 7.62. The second-order valence-corrected chi connectivity index (χ2v) is 5.99. The largest absolute Gasteiger partial charge is 0.330 e. The number of rotatable bonds is 6. The van der Waals surface area contributed by atoms with E-state index in [4.69, 9.17) is 5.73 Å². The molecule has 0 radical (unpaired) electrons. The van der Waals surface area contributed by atoms with E-state index in [0.29, 0.717) is 5.41 Å². The smallest absolute Gasteiger partial charge is 0.00501 e. The Kier molecular flexibility index (Phi) is 5.77. The standard InChI is InChI=1S/C14H30N2/c1-4-16(10-13(2)3)12-14(11-15)8-6-5-7-9-14/h13H,4-12,15H2,1-3H3. The van der Waals surface area contributed by atoms with Crippen LogP contribution in [0.15, 0.2) is 0 Å². The Labute approximate surface area is 102 Å². The van der Waals surface area contributed by atoms with Crippen molar-refractivity contribution >= 4 is 0 Å². The lowest BCUT2D eigenvalue weighted by molar-refractivity contribution is 0.107. The van der Waals surface area contributed by atoms with Crippen molar-refractivity contribution in [2.75, 3.05) is 26.2 Å². The van der Waals surface area contributed by atoms with Crippen LogP contribution in [-0.2, 0) is 0 Å². The van der Waals surface area contributed by atoms with Crippen molar-refractivity contribution in [1.82, 2.24) is 4.90 Å². The first-order valence-corrected chi connectivity index (χ1v) is 7.04. The molecule has 1 fully saturated rings. The van der Waals surface area contributed by atoms with E-state index in [-0.39, 0.29) is 0 Å². The van der Waals surface area contributed by atoms with Gasteiger partial charge in [0.2, 0.25) is 0 Å². The van der Waals surface area contributed by atoms with Gasteiger partial charge in [0.05, 0.1) is 0 Å². The summed E-state index contributed by atoms with van der Waals surface area (Å²) in [5.74, 6) is 0.762. The first kappa shape index (κ1) is 14.0. The van der Waals surface area contributed by atoms with Gasteiger partial charge < -0.3 is 10.6 Å². The van der Waals surface area contributed by atoms with Crippen LogP contribution in [0.2, 0.25) is 0 Å². The zero-order chi connectivity index (χ0) is 12.0. The van der Waals surface area contributed by atoms with Gasteiger partial charge in [0.15, 0.2) is 0 Å². The molecule has 0 aromatic rings. The van der Waals surface area contributed by atoms with E-state index in [1.165, 1.54) is 51.7 Å². The molecule has 1 rings (SSSR count). The Balaban J connectivity index is 2.51. The fourth-order valence-electron chi connectivity index (χ4n) is 3.02. The summed E-state index contributed by atoms with van der Waals surface area (Å²) in [4.78, 5) is 2.60. The van der Waals surface area contributed by atoms with Crippen LogP contribution in [0.1, 0.15) is 52.9 Å². The van der Waals surface area contributed by atoms with Gasteiger partial charge in [0.1, 0.15) is 0 Å². The predicted octanol–water partition coefficient (Wildman–Crippen LogP) is 2.87. The molecule has 0 bridgehead atoms. The second kappa shape index (κ2) is 6.61. The zero-order valence-corrected chi connectivity index (χ0v) is 11.5. The molecule has 0 unspecified atom stereocenters. The summed E-state index contributed by atoms with van der Waals surface area (Å²) in [7, 11) is 0. The third-order valence-corrected chi connectivity index (χ3v) is 3.98. The van der Waals surface area contributed by atoms with E-state index in [9.17, 15) is 0 Å². The quantitative estimate of drug-likeness (QED) is 0.754. The zero-order valence-electron chi connectivity index (χ0n) is 11.5. The Morgan fingerprint density at radius 3 is 2.25 bits per heavy atom. The fraction of sp³-hybridized carbons (Fsp3) is 1.00. The average Bonchev–Trinajstić information content (AvgIpc) is 2.29. The molecule has 2 nitrogen and oxygen atoms in total. The summed E-state index contributed by atoms with van der Waals surface area (Å²) in [6, 6.07) is 0. The number of hydrogen-bond donors (Lipinski definition) is 1. The van der Waals surface area contributed by atoms with Gasteiger partial charge in [0.25, 0.3) is 0 Å². The molecule has 0 atom stereocenters. The van der Waals surface area contributed by atoms with Crippen molar-refractivity contribution in [3.63, 3.8) is 0 Å². The van der Waals surface area contributed by atoms with E-state index in [0.717, 1.165) is 12.5 Å². The molecule has 1 aliphatic rings. The molecular formula is C14H30N2. The molecule has 0 aliphatic heterocycles. The summed E-state index contributed by atoms with van der Waals surface area (Å²) >= 11 is 0. The molecule has 0 saturated heterocycles. The molecule has 2 N–H and O–H groups in total. The molecule has 0 heterocycles. The van der Waals surface area contributed by atoms with Gasteiger partial charge in [-0.3, -0.25) is 0 Å². The highest BCUT2D eigenvalue weighted by molar-refractivity contribution is 4.86. The first-order valence-electron chi connectivity index (χ1n) is 7.04. The molecule has 1 saturated carbocycles.